The summed E-state index contributed by atoms with van der Waals surface area (Å²) in [5.41, 5.74) is 10.2. The molecule has 0 atom stereocenters. The molecule has 2 heteroatoms. The van der Waals surface area contributed by atoms with E-state index in [1.165, 1.54) is 29.8 Å². The van der Waals surface area contributed by atoms with E-state index >= 15 is 0 Å². The van der Waals surface area contributed by atoms with Crippen molar-refractivity contribution in [3.05, 3.63) is 29.3 Å². The summed E-state index contributed by atoms with van der Waals surface area (Å²) in [6, 6.07) is 6.81. The van der Waals surface area contributed by atoms with Crippen LogP contribution in [0.1, 0.15) is 31.9 Å². The number of rotatable bonds is 3. The Bertz CT molecular complexity index is 377. The van der Waals surface area contributed by atoms with Gasteiger partial charge in [0.2, 0.25) is 0 Å². The number of hydrogen-bond donors (Lipinski definition) is 1. The van der Waals surface area contributed by atoms with E-state index in [-0.39, 0.29) is 5.54 Å². The van der Waals surface area contributed by atoms with E-state index < -0.39 is 0 Å². The third-order valence-corrected chi connectivity index (χ3v) is 3.18. The van der Waals surface area contributed by atoms with E-state index in [0.717, 1.165) is 13.0 Å². The second-order valence-corrected chi connectivity index (χ2v) is 5.46. The number of anilines is 1. The zero-order chi connectivity index (χ0) is 11.8. The van der Waals surface area contributed by atoms with Gasteiger partial charge in [-0.15, -0.1) is 0 Å². The zero-order valence-electron chi connectivity index (χ0n) is 10.6. The molecule has 2 N–H and O–H groups in total. The highest BCUT2D eigenvalue weighted by molar-refractivity contribution is 5.59. The molecule has 0 bridgehead atoms. The van der Waals surface area contributed by atoms with Crippen LogP contribution in [0, 0.1) is 0 Å². The summed E-state index contributed by atoms with van der Waals surface area (Å²) >= 11 is 0. The maximum Gasteiger partial charge on any atom is 0.0399 e. The highest BCUT2D eigenvalue weighted by atomic mass is 15.1. The summed E-state index contributed by atoms with van der Waals surface area (Å²) in [5.74, 6) is 0. The molecule has 0 radical (unpaired) electrons. The third kappa shape index (κ3) is 2.38. The molecule has 1 aliphatic heterocycles. The van der Waals surface area contributed by atoms with Gasteiger partial charge in [0, 0.05) is 24.3 Å². The topological polar surface area (TPSA) is 29.3 Å². The first-order valence-electron chi connectivity index (χ1n) is 6.15. The van der Waals surface area contributed by atoms with Crippen LogP contribution >= 0.6 is 0 Å². The summed E-state index contributed by atoms with van der Waals surface area (Å²) in [5, 5.41) is 0. The molecular formula is C14H22N2. The molecule has 88 valence electrons. The molecule has 0 unspecified atom stereocenters. The first-order valence-corrected chi connectivity index (χ1v) is 6.15. The number of nitrogens with two attached hydrogens (primary N) is 1. The summed E-state index contributed by atoms with van der Waals surface area (Å²) in [7, 11) is 0. The lowest BCUT2D eigenvalue weighted by Gasteiger charge is -2.20. The molecular weight excluding hydrogens is 196 g/mol. The van der Waals surface area contributed by atoms with Gasteiger partial charge in [0.25, 0.3) is 0 Å². The van der Waals surface area contributed by atoms with Gasteiger partial charge in [0.05, 0.1) is 0 Å². The Morgan fingerprint density at radius 1 is 1.38 bits per heavy atom. The zero-order valence-corrected chi connectivity index (χ0v) is 10.6. The van der Waals surface area contributed by atoms with Gasteiger partial charge in [0.1, 0.15) is 0 Å². The Kier molecular flexibility index (Phi) is 2.94. The summed E-state index contributed by atoms with van der Waals surface area (Å²) in [6.45, 7) is 8.65. The van der Waals surface area contributed by atoms with Crippen LogP contribution in [0.4, 0.5) is 5.69 Å². The molecule has 0 fully saturated rings. The minimum atomic E-state index is -0.114. The molecule has 1 aromatic rings. The van der Waals surface area contributed by atoms with Crippen LogP contribution in [-0.4, -0.2) is 18.6 Å². The second-order valence-electron chi connectivity index (χ2n) is 5.46. The molecule has 0 aromatic heterocycles. The van der Waals surface area contributed by atoms with E-state index in [4.69, 9.17) is 5.73 Å². The van der Waals surface area contributed by atoms with Crippen molar-refractivity contribution in [2.75, 3.05) is 18.0 Å². The number of fused-ring (bicyclic) bond motifs is 1. The fraction of sp³-hybridized carbons (Fsp3) is 0.571. The van der Waals surface area contributed by atoms with Crippen LogP contribution in [0.2, 0.25) is 0 Å². The van der Waals surface area contributed by atoms with Crippen molar-refractivity contribution < 1.29 is 0 Å². The minimum absolute atomic E-state index is 0.114. The first-order chi connectivity index (χ1) is 7.49. The van der Waals surface area contributed by atoms with Crippen LogP contribution in [0.15, 0.2) is 18.2 Å². The van der Waals surface area contributed by atoms with E-state index in [2.05, 4.69) is 43.9 Å². The highest BCUT2D eigenvalue weighted by Crippen LogP contribution is 2.29. The average molecular weight is 218 g/mol. The quantitative estimate of drug-likeness (QED) is 0.844. The summed E-state index contributed by atoms with van der Waals surface area (Å²) in [6.07, 6.45) is 2.13. The SMILES string of the molecule is CCN1CCc2cc(CC(C)(C)N)ccc21. The third-order valence-electron chi connectivity index (χ3n) is 3.18. The van der Waals surface area contributed by atoms with Gasteiger partial charge < -0.3 is 10.6 Å². The van der Waals surface area contributed by atoms with Gasteiger partial charge in [-0.1, -0.05) is 12.1 Å². The maximum absolute atomic E-state index is 6.06. The largest absolute Gasteiger partial charge is 0.371 e. The van der Waals surface area contributed by atoms with Crippen molar-refractivity contribution in [3.8, 4) is 0 Å². The van der Waals surface area contributed by atoms with Gasteiger partial charge in [-0.25, -0.2) is 0 Å². The van der Waals surface area contributed by atoms with E-state index in [9.17, 15) is 0 Å². The normalized spacial score (nSPS) is 15.4. The molecule has 0 spiro atoms. The Morgan fingerprint density at radius 3 is 2.75 bits per heavy atom. The lowest BCUT2D eigenvalue weighted by Crippen LogP contribution is -2.34. The Labute approximate surface area is 98.4 Å². The Hall–Kier alpha value is -1.02. The minimum Gasteiger partial charge on any atom is -0.371 e. The standard InChI is InChI=1S/C14H22N2/c1-4-16-8-7-12-9-11(5-6-13(12)16)10-14(2,3)15/h5-6,9H,4,7-8,10,15H2,1-3H3. The molecule has 1 aromatic carbocycles. The van der Waals surface area contributed by atoms with Crippen molar-refractivity contribution >= 4 is 5.69 Å². The lowest BCUT2D eigenvalue weighted by molar-refractivity contribution is 0.516. The predicted octanol–water partition coefficient (Wildman–Crippen LogP) is 2.35. The van der Waals surface area contributed by atoms with E-state index in [1.54, 1.807) is 0 Å². The van der Waals surface area contributed by atoms with Crippen molar-refractivity contribution in [1.29, 1.82) is 0 Å². The second kappa shape index (κ2) is 4.10. The number of nitrogens with zero attached hydrogens (tertiary/aromatic N) is 1. The summed E-state index contributed by atoms with van der Waals surface area (Å²) < 4.78 is 0. The summed E-state index contributed by atoms with van der Waals surface area (Å²) in [4.78, 5) is 2.44. The van der Waals surface area contributed by atoms with Crippen LogP contribution in [0.5, 0.6) is 0 Å². The lowest BCUT2D eigenvalue weighted by atomic mass is 9.94. The Morgan fingerprint density at radius 2 is 2.12 bits per heavy atom. The molecule has 2 nitrogen and oxygen atoms in total. The van der Waals surface area contributed by atoms with Gasteiger partial charge in [-0.2, -0.15) is 0 Å². The van der Waals surface area contributed by atoms with Crippen LogP contribution < -0.4 is 10.6 Å². The van der Waals surface area contributed by atoms with Gasteiger partial charge in [0.15, 0.2) is 0 Å². The fourth-order valence-electron chi connectivity index (χ4n) is 2.49. The highest BCUT2D eigenvalue weighted by Gasteiger charge is 2.19. The van der Waals surface area contributed by atoms with Crippen molar-refractivity contribution in [2.45, 2.75) is 39.2 Å². The van der Waals surface area contributed by atoms with Crippen molar-refractivity contribution in [2.24, 2.45) is 5.73 Å². The molecule has 2 rings (SSSR count). The van der Waals surface area contributed by atoms with Gasteiger partial charge in [-0.05, 0) is 50.8 Å². The van der Waals surface area contributed by atoms with E-state index in [1.807, 2.05) is 0 Å². The number of hydrogen-bond acceptors (Lipinski definition) is 2. The van der Waals surface area contributed by atoms with Crippen molar-refractivity contribution in [3.63, 3.8) is 0 Å². The molecule has 0 amide bonds. The van der Waals surface area contributed by atoms with Crippen LogP contribution in [0.25, 0.3) is 0 Å². The van der Waals surface area contributed by atoms with Crippen LogP contribution in [-0.2, 0) is 12.8 Å². The number of benzene rings is 1. The molecule has 0 aliphatic carbocycles. The average Bonchev–Trinajstić information content (AvgIpc) is 2.57. The molecule has 0 saturated heterocycles. The smallest absolute Gasteiger partial charge is 0.0399 e. The fourth-order valence-corrected chi connectivity index (χ4v) is 2.49. The predicted molar refractivity (Wildman–Crippen MR) is 70.0 cm³/mol. The maximum atomic E-state index is 6.06. The van der Waals surface area contributed by atoms with Gasteiger partial charge in [-0.3, -0.25) is 0 Å². The molecule has 1 heterocycles. The van der Waals surface area contributed by atoms with Crippen LogP contribution in [0.3, 0.4) is 0 Å². The molecule has 0 saturated carbocycles. The Balaban J connectivity index is 2.21. The van der Waals surface area contributed by atoms with Crippen molar-refractivity contribution in [1.82, 2.24) is 0 Å². The first kappa shape index (κ1) is 11.5. The van der Waals surface area contributed by atoms with E-state index in [0.29, 0.717) is 0 Å². The molecule has 16 heavy (non-hydrogen) atoms. The molecule has 1 aliphatic rings. The van der Waals surface area contributed by atoms with Gasteiger partial charge >= 0.3 is 0 Å². The number of likely N-dealkylation sites (N-methyl/N-ethyl adjacent to an activating group) is 1. The monoisotopic (exact) mass is 218 g/mol.